The highest BCUT2D eigenvalue weighted by atomic mass is 16.5. The zero-order valence-corrected chi connectivity index (χ0v) is 10.6. The van der Waals surface area contributed by atoms with Gasteiger partial charge in [0.25, 0.3) is 0 Å². The van der Waals surface area contributed by atoms with Crippen LogP contribution in [0.2, 0.25) is 0 Å². The third-order valence-corrected chi connectivity index (χ3v) is 3.44. The summed E-state index contributed by atoms with van der Waals surface area (Å²) in [5, 5.41) is 0. The van der Waals surface area contributed by atoms with E-state index in [0.717, 1.165) is 17.9 Å². The number of aryl methyl sites for hydroxylation is 1. The van der Waals surface area contributed by atoms with E-state index in [4.69, 9.17) is 10.5 Å². The zero-order chi connectivity index (χ0) is 12.1. The summed E-state index contributed by atoms with van der Waals surface area (Å²) >= 11 is 0. The van der Waals surface area contributed by atoms with Gasteiger partial charge in [-0.1, -0.05) is 6.07 Å². The molecule has 1 aromatic carbocycles. The number of hydrogen-bond acceptors (Lipinski definition) is 3. The molecule has 3 nitrogen and oxygen atoms in total. The SMILES string of the molecule is COc1cc(CCCN2CCCC2)ccc1N. The smallest absolute Gasteiger partial charge is 0.142 e. The Hall–Kier alpha value is -1.22. The van der Waals surface area contributed by atoms with Crippen LogP contribution in [0.15, 0.2) is 18.2 Å². The molecule has 1 fully saturated rings. The van der Waals surface area contributed by atoms with Gasteiger partial charge in [-0.2, -0.15) is 0 Å². The van der Waals surface area contributed by atoms with Gasteiger partial charge in [0.2, 0.25) is 0 Å². The van der Waals surface area contributed by atoms with E-state index in [2.05, 4.69) is 17.0 Å². The number of likely N-dealkylation sites (tertiary alicyclic amines) is 1. The maximum atomic E-state index is 5.79. The quantitative estimate of drug-likeness (QED) is 0.795. The van der Waals surface area contributed by atoms with Crippen LogP contribution in [0.25, 0.3) is 0 Å². The van der Waals surface area contributed by atoms with Crippen molar-refractivity contribution in [2.24, 2.45) is 0 Å². The molecule has 2 rings (SSSR count). The van der Waals surface area contributed by atoms with Crippen LogP contribution in [0.3, 0.4) is 0 Å². The van der Waals surface area contributed by atoms with Gasteiger partial charge in [0.1, 0.15) is 5.75 Å². The molecule has 17 heavy (non-hydrogen) atoms. The Bertz CT molecular complexity index is 359. The lowest BCUT2D eigenvalue weighted by atomic mass is 10.1. The summed E-state index contributed by atoms with van der Waals surface area (Å²) in [6, 6.07) is 6.09. The average molecular weight is 234 g/mol. The van der Waals surface area contributed by atoms with Crippen molar-refractivity contribution in [1.82, 2.24) is 4.90 Å². The second-order valence-electron chi connectivity index (χ2n) is 4.73. The summed E-state index contributed by atoms with van der Waals surface area (Å²) < 4.78 is 5.23. The second-order valence-corrected chi connectivity index (χ2v) is 4.73. The molecule has 0 amide bonds. The van der Waals surface area contributed by atoms with Gasteiger partial charge in [0, 0.05) is 0 Å². The van der Waals surface area contributed by atoms with Gasteiger partial charge in [-0.05, 0) is 63.0 Å². The lowest BCUT2D eigenvalue weighted by molar-refractivity contribution is 0.334. The van der Waals surface area contributed by atoms with Gasteiger partial charge in [-0.3, -0.25) is 0 Å². The lowest BCUT2D eigenvalue weighted by Gasteiger charge is -2.14. The Kier molecular flexibility index (Phi) is 4.26. The van der Waals surface area contributed by atoms with E-state index in [1.807, 2.05) is 6.07 Å². The molecule has 0 bridgehead atoms. The zero-order valence-electron chi connectivity index (χ0n) is 10.6. The topological polar surface area (TPSA) is 38.5 Å². The third kappa shape index (κ3) is 3.37. The van der Waals surface area contributed by atoms with E-state index in [0.29, 0.717) is 0 Å². The van der Waals surface area contributed by atoms with Crippen LogP contribution in [0, 0.1) is 0 Å². The van der Waals surface area contributed by atoms with E-state index >= 15 is 0 Å². The molecule has 0 aliphatic carbocycles. The van der Waals surface area contributed by atoms with Crippen molar-refractivity contribution in [2.75, 3.05) is 32.5 Å². The molecule has 2 N–H and O–H groups in total. The Balaban J connectivity index is 1.81. The largest absolute Gasteiger partial charge is 0.495 e. The molecular weight excluding hydrogens is 212 g/mol. The molecule has 1 aliphatic rings. The number of hydrogen-bond donors (Lipinski definition) is 1. The molecule has 1 aliphatic heterocycles. The van der Waals surface area contributed by atoms with Gasteiger partial charge < -0.3 is 15.4 Å². The standard InChI is InChI=1S/C14H22N2O/c1-17-14-11-12(6-7-13(14)15)5-4-10-16-8-2-3-9-16/h6-7,11H,2-5,8-10,15H2,1H3. The maximum Gasteiger partial charge on any atom is 0.142 e. The molecule has 1 saturated heterocycles. The third-order valence-electron chi connectivity index (χ3n) is 3.44. The van der Waals surface area contributed by atoms with Crippen LogP contribution in [-0.2, 0) is 6.42 Å². The first-order chi connectivity index (χ1) is 8.29. The first-order valence-corrected chi connectivity index (χ1v) is 6.44. The second kappa shape index (κ2) is 5.92. The van der Waals surface area contributed by atoms with E-state index < -0.39 is 0 Å². The molecule has 1 heterocycles. The Morgan fingerprint density at radius 1 is 1.29 bits per heavy atom. The van der Waals surface area contributed by atoms with Crippen molar-refractivity contribution in [2.45, 2.75) is 25.7 Å². The summed E-state index contributed by atoms with van der Waals surface area (Å²) in [5.41, 5.74) is 7.83. The van der Waals surface area contributed by atoms with Gasteiger partial charge in [0.05, 0.1) is 12.8 Å². The van der Waals surface area contributed by atoms with Crippen molar-refractivity contribution in [1.29, 1.82) is 0 Å². The van der Waals surface area contributed by atoms with Gasteiger partial charge >= 0.3 is 0 Å². The first-order valence-electron chi connectivity index (χ1n) is 6.44. The Morgan fingerprint density at radius 2 is 2.06 bits per heavy atom. The van der Waals surface area contributed by atoms with Crippen LogP contribution in [0.1, 0.15) is 24.8 Å². The fraction of sp³-hybridized carbons (Fsp3) is 0.571. The molecule has 0 unspecified atom stereocenters. The van der Waals surface area contributed by atoms with E-state index in [1.54, 1.807) is 7.11 Å². The summed E-state index contributed by atoms with van der Waals surface area (Å²) in [6.45, 7) is 3.78. The summed E-state index contributed by atoms with van der Waals surface area (Å²) in [5.74, 6) is 0.795. The number of nitrogens with zero attached hydrogens (tertiary/aromatic N) is 1. The van der Waals surface area contributed by atoms with Crippen molar-refractivity contribution >= 4 is 5.69 Å². The fourth-order valence-corrected chi connectivity index (χ4v) is 2.42. The number of rotatable bonds is 5. The minimum atomic E-state index is 0.718. The van der Waals surface area contributed by atoms with Crippen molar-refractivity contribution in [3.05, 3.63) is 23.8 Å². The van der Waals surface area contributed by atoms with Gasteiger partial charge in [-0.25, -0.2) is 0 Å². The van der Waals surface area contributed by atoms with Crippen LogP contribution in [-0.4, -0.2) is 31.6 Å². The minimum absolute atomic E-state index is 0.718. The minimum Gasteiger partial charge on any atom is -0.495 e. The normalized spacial score (nSPS) is 16.3. The Morgan fingerprint density at radius 3 is 2.76 bits per heavy atom. The molecular formula is C14H22N2O. The molecule has 0 radical (unpaired) electrons. The van der Waals surface area contributed by atoms with E-state index in [1.165, 1.54) is 44.5 Å². The fourth-order valence-electron chi connectivity index (χ4n) is 2.42. The van der Waals surface area contributed by atoms with E-state index in [-0.39, 0.29) is 0 Å². The highest BCUT2D eigenvalue weighted by Crippen LogP contribution is 2.22. The number of anilines is 1. The number of nitrogen functional groups attached to an aromatic ring is 1. The molecule has 0 aromatic heterocycles. The van der Waals surface area contributed by atoms with Crippen LogP contribution in [0.5, 0.6) is 5.75 Å². The highest BCUT2D eigenvalue weighted by molar-refractivity contribution is 5.53. The highest BCUT2D eigenvalue weighted by Gasteiger charge is 2.10. The van der Waals surface area contributed by atoms with E-state index in [9.17, 15) is 0 Å². The van der Waals surface area contributed by atoms with Crippen molar-refractivity contribution in [3.63, 3.8) is 0 Å². The number of ether oxygens (including phenoxy) is 1. The number of methoxy groups -OCH3 is 1. The Labute approximate surface area is 104 Å². The number of benzene rings is 1. The lowest BCUT2D eigenvalue weighted by Crippen LogP contribution is -2.20. The van der Waals surface area contributed by atoms with Gasteiger partial charge in [-0.15, -0.1) is 0 Å². The maximum absolute atomic E-state index is 5.79. The molecule has 94 valence electrons. The summed E-state index contributed by atoms with van der Waals surface area (Å²) in [6.07, 6.45) is 5.06. The van der Waals surface area contributed by atoms with Crippen LogP contribution < -0.4 is 10.5 Å². The first kappa shape index (κ1) is 12.2. The van der Waals surface area contributed by atoms with Crippen molar-refractivity contribution < 1.29 is 4.74 Å². The number of nitrogens with two attached hydrogens (primary N) is 1. The predicted molar refractivity (Wildman–Crippen MR) is 71.4 cm³/mol. The molecule has 0 atom stereocenters. The monoisotopic (exact) mass is 234 g/mol. The molecule has 1 aromatic rings. The summed E-state index contributed by atoms with van der Waals surface area (Å²) in [4.78, 5) is 2.55. The van der Waals surface area contributed by atoms with Crippen molar-refractivity contribution in [3.8, 4) is 5.75 Å². The summed E-state index contributed by atoms with van der Waals surface area (Å²) in [7, 11) is 1.67. The molecule has 0 saturated carbocycles. The van der Waals surface area contributed by atoms with Crippen LogP contribution >= 0.6 is 0 Å². The van der Waals surface area contributed by atoms with Gasteiger partial charge in [0.15, 0.2) is 0 Å². The molecule has 0 spiro atoms. The predicted octanol–water partition coefficient (Wildman–Crippen LogP) is 2.31. The average Bonchev–Trinajstić information content (AvgIpc) is 2.84. The van der Waals surface area contributed by atoms with Crippen LogP contribution in [0.4, 0.5) is 5.69 Å². The molecule has 3 heteroatoms.